The van der Waals surface area contributed by atoms with Crippen molar-refractivity contribution in [3.63, 3.8) is 0 Å². The molecule has 1 aromatic rings. The van der Waals surface area contributed by atoms with Crippen LogP contribution in [0.4, 0.5) is 5.69 Å². The van der Waals surface area contributed by atoms with Crippen molar-refractivity contribution in [3.8, 4) is 0 Å². The highest BCUT2D eigenvalue weighted by Gasteiger charge is 2.16. The largest absolute Gasteiger partial charge is 0.397 e. The molecule has 0 heterocycles. The van der Waals surface area contributed by atoms with Gasteiger partial charge in [0.1, 0.15) is 0 Å². The fourth-order valence-corrected chi connectivity index (χ4v) is 2.80. The zero-order chi connectivity index (χ0) is 15.4. The molecule has 2 N–H and O–H groups in total. The van der Waals surface area contributed by atoms with E-state index in [0.29, 0.717) is 5.69 Å². The Bertz CT molecular complexity index is 677. The van der Waals surface area contributed by atoms with E-state index in [1.807, 2.05) is 0 Å². The summed E-state index contributed by atoms with van der Waals surface area (Å²) < 4.78 is 56.5. The topological polar surface area (TPSA) is 127 Å². The number of amides is 1. The Balaban J connectivity index is 2.75. The lowest BCUT2D eigenvalue weighted by Gasteiger charge is -2.06. The average molecular weight is 323 g/mol. The van der Waals surface area contributed by atoms with Crippen molar-refractivity contribution < 1.29 is 30.4 Å². The summed E-state index contributed by atoms with van der Waals surface area (Å²) >= 11 is 0. The maximum atomic E-state index is 11.8. The first-order valence-corrected chi connectivity index (χ1v) is 8.34. The Morgan fingerprint density at radius 1 is 1.20 bits per heavy atom. The van der Waals surface area contributed by atoms with Crippen molar-refractivity contribution in [2.24, 2.45) is 0 Å². The van der Waals surface area contributed by atoms with Crippen LogP contribution in [0.3, 0.4) is 0 Å². The van der Waals surface area contributed by atoms with Gasteiger partial charge in [0.2, 0.25) is 5.91 Å². The highest BCUT2D eigenvalue weighted by Crippen LogP contribution is 2.15. The van der Waals surface area contributed by atoms with E-state index in [1.54, 1.807) is 0 Å². The molecule has 0 fully saturated rings. The predicted molar refractivity (Wildman–Crippen MR) is 70.3 cm³/mol. The Kier molecular flexibility index (Phi) is 5.22. The molecular formula is C10H13NO7S2. The molecule has 10 heteroatoms. The van der Waals surface area contributed by atoms with Crippen molar-refractivity contribution in [3.05, 3.63) is 24.3 Å². The normalized spacial score (nSPS) is 12.1. The Morgan fingerprint density at radius 3 is 2.20 bits per heavy atom. The second-order valence-corrected chi connectivity index (χ2v) is 6.97. The van der Waals surface area contributed by atoms with Gasteiger partial charge in [-0.05, 0) is 24.3 Å². The predicted octanol–water partition coefficient (Wildman–Crippen LogP) is 0.238. The van der Waals surface area contributed by atoms with Crippen molar-refractivity contribution in [2.75, 3.05) is 17.7 Å². The van der Waals surface area contributed by atoms with E-state index >= 15 is 0 Å². The summed E-state index contributed by atoms with van der Waals surface area (Å²) in [6.07, 6.45) is 0. The van der Waals surface area contributed by atoms with Crippen LogP contribution in [-0.4, -0.2) is 39.7 Å². The molecule has 0 saturated carbocycles. The fraction of sp³-hybridized carbons (Fsp3) is 0.300. The molecule has 1 aromatic carbocycles. The zero-order valence-electron chi connectivity index (χ0n) is 10.4. The molecule has 1 amide bonds. The lowest BCUT2D eigenvalue weighted by atomic mass is 10.3. The minimum absolute atomic E-state index is 0.0504. The quantitative estimate of drug-likeness (QED) is 0.718. The van der Waals surface area contributed by atoms with Gasteiger partial charge in [-0.2, -0.15) is 8.42 Å². The SMILES string of the molecule is CC(=O)Nc1ccc(S(=O)(=O)CCOS(=O)(=O)O)cc1. The van der Waals surface area contributed by atoms with Crippen LogP contribution in [-0.2, 0) is 29.2 Å². The minimum Gasteiger partial charge on any atom is -0.326 e. The summed E-state index contributed by atoms with van der Waals surface area (Å²) in [5, 5.41) is 2.48. The van der Waals surface area contributed by atoms with Crippen molar-refractivity contribution in [1.29, 1.82) is 0 Å². The molecule has 112 valence electrons. The molecule has 0 saturated heterocycles. The van der Waals surface area contributed by atoms with Crippen LogP contribution in [0.15, 0.2) is 29.2 Å². The lowest BCUT2D eigenvalue weighted by molar-refractivity contribution is -0.114. The van der Waals surface area contributed by atoms with Gasteiger partial charge in [0.05, 0.1) is 17.3 Å². The molecule has 8 nitrogen and oxygen atoms in total. The van der Waals surface area contributed by atoms with Gasteiger partial charge in [-0.1, -0.05) is 0 Å². The lowest BCUT2D eigenvalue weighted by Crippen LogP contribution is -2.15. The van der Waals surface area contributed by atoms with E-state index in [1.165, 1.54) is 31.2 Å². The number of hydrogen-bond donors (Lipinski definition) is 2. The van der Waals surface area contributed by atoms with E-state index in [2.05, 4.69) is 9.50 Å². The summed E-state index contributed by atoms with van der Waals surface area (Å²) in [6.45, 7) is 0.631. The monoisotopic (exact) mass is 323 g/mol. The van der Waals surface area contributed by atoms with Crippen LogP contribution < -0.4 is 5.32 Å². The van der Waals surface area contributed by atoms with Crippen LogP contribution in [0, 0.1) is 0 Å². The number of nitrogens with one attached hydrogen (secondary N) is 1. The number of carbonyl (C=O) groups excluding carboxylic acids is 1. The van der Waals surface area contributed by atoms with E-state index < -0.39 is 32.6 Å². The molecular weight excluding hydrogens is 310 g/mol. The summed E-state index contributed by atoms with van der Waals surface area (Å²) in [6, 6.07) is 5.35. The van der Waals surface area contributed by atoms with E-state index in [-0.39, 0.29) is 10.8 Å². The molecule has 20 heavy (non-hydrogen) atoms. The first-order valence-electron chi connectivity index (χ1n) is 5.32. The molecule has 0 atom stereocenters. The molecule has 0 bridgehead atoms. The average Bonchev–Trinajstić information content (AvgIpc) is 2.26. The molecule has 1 rings (SSSR count). The van der Waals surface area contributed by atoms with Crippen molar-refractivity contribution >= 4 is 31.8 Å². The number of rotatable bonds is 6. The maximum absolute atomic E-state index is 11.8. The number of anilines is 1. The van der Waals surface area contributed by atoms with Gasteiger partial charge in [-0.25, -0.2) is 12.6 Å². The van der Waals surface area contributed by atoms with Crippen molar-refractivity contribution in [2.45, 2.75) is 11.8 Å². The smallest absolute Gasteiger partial charge is 0.326 e. The third-order valence-corrected chi connectivity index (χ3v) is 4.28. The molecule has 0 aromatic heterocycles. The summed E-state index contributed by atoms with van der Waals surface area (Å²) in [5.41, 5.74) is 0.436. The molecule has 0 spiro atoms. The van der Waals surface area contributed by atoms with E-state index in [4.69, 9.17) is 4.55 Å². The molecule has 0 radical (unpaired) electrons. The van der Waals surface area contributed by atoms with Crippen LogP contribution in [0.25, 0.3) is 0 Å². The standard InChI is InChI=1S/C10H13NO7S2/c1-8(12)11-9-2-4-10(5-3-9)19(13,14)7-6-18-20(15,16)17/h2-5H,6-7H2,1H3,(H,11,12)(H,15,16,17). The van der Waals surface area contributed by atoms with Gasteiger partial charge in [0, 0.05) is 12.6 Å². The minimum atomic E-state index is -4.66. The Labute approximate surface area is 116 Å². The first-order chi connectivity index (χ1) is 9.10. The third-order valence-electron chi connectivity index (χ3n) is 2.12. The first kappa shape index (κ1) is 16.6. The van der Waals surface area contributed by atoms with Gasteiger partial charge >= 0.3 is 10.4 Å². The van der Waals surface area contributed by atoms with Crippen LogP contribution >= 0.6 is 0 Å². The van der Waals surface area contributed by atoms with Crippen LogP contribution in [0.2, 0.25) is 0 Å². The number of benzene rings is 1. The number of hydrogen-bond acceptors (Lipinski definition) is 6. The summed E-state index contributed by atoms with van der Waals surface area (Å²) in [7, 11) is -8.40. The fourth-order valence-electron chi connectivity index (χ4n) is 1.32. The van der Waals surface area contributed by atoms with Gasteiger partial charge < -0.3 is 5.32 Å². The number of carbonyl (C=O) groups is 1. The van der Waals surface area contributed by atoms with Crippen LogP contribution in [0.1, 0.15) is 6.92 Å². The van der Waals surface area contributed by atoms with Gasteiger partial charge in [-0.3, -0.25) is 9.35 Å². The van der Waals surface area contributed by atoms with E-state index in [9.17, 15) is 21.6 Å². The summed E-state index contributed by atoms with van der Waals surface area (Å²) in [5.74, 6) is -0.895. The second-order valence-electron chi connectivity index (χ2n) is 3.77. The second kappa shape index (κ2) is 6.31. The molecule has 0 aliphatic rings. The molecule has 0 aliphatic heterocycles. The summed E-state index contributed by atoms with van der Waals surface area (Å²) in [4.78, 5) is 10.8. The molecule has 0 aliphatic carbocycles. The van der Waals surface area contributed by atoms with E-state index in [0.717, 1.165) is 0 Å². The number of sulfone groups is 1. The van der Waals surface area contributed by atoms with Crippen molar-refractivity contribution in [1.82, 2.24) is 0 Å². The maximum Gasteiger partial charge on any atom is 0.397 e. The highest BCUT2D eigenvalue weighted by molar-refractivity contribution is 7.91. The zero-order valence-corrected chi connectivity index (χ0v) is 12.1. The van der Waals surface area contributed by atoms with Gasteiger partial charge in [0.25, 0.3) is 0 Å². The molecule has 0 unspecified atom stereocenters. The third kappa shape index (κ3) is 5.65. The highest BCUT2D eigenvalue weighted by atomic mass is 32.3. The van der Waals surface area contributed by atoms with Gasteiger partial charge in [0.15, 0.2) is 9.84 Å². The Hall–Kier alpha value is -1.49. The Morgan fingerprint density at radius 2 is 1.75 bits per heavy atom. The van der Waals surface area contributed by atoms with Gasteiger partial charge in [-0.15, -0.1) is 0 Å². The van der Waals surface area contributed by atoms with Crippen LogP contribution in [0.5, 0.6) is 0 Å².